The van der Waals surface area contributed by atoms with Crippen LogP contribution in [0.1, 0.15) is 12.8 Å². The van der Waals surface area contributed by atoms with E-state index in [2.05, 4.69) is 26.6 Å². The molecular weight excluding hydrogens is 364 g/mol. The average molecular weight is 378 g/mol. The van der Waals surface area contributed by atoms with Gasteiger partial charge in [0.25, 0.3) is 0 Å². The smallest absolute Gasteiger partial charge is 0.332 e. The number of anilines is 1. The number of rotatable bonds is 4. The summed E-state index contributed by atoms with van der Waals surface area (Å²) >= 11 is 9.19. The fourth-order valence-corrected chi connectivity index (χ4v) is 2.42. The molecule has 2 unspecified atom stereocenters. The molecule has 1 saturated heterocycles. The molecule has 21 heavy (non-hydrogen) atoms. The first kappa shape index (κ1) is 16.1. The van der Waals surface area contributed by atoms with Crippen molar-refractivity contribution in [1.29, 1.82) is 0 Å². The highest BCUT2D eigenvalue weighted by Gasteiger charge is 2.30. The van der Waals surface area contributed by atoms with E-state index in [0.29, 0.717) is 23.6 Å². The summed E-state index contributed by atoms with van der Waals surface area (Å²) in [5, 5.41) is 14.6. The molecule has 0 bridgehead atoms. The fraction of sp³-hybridized carbons (Fsp3) is 0.385. The number of carbonyl (C=O) groups excluding carboxylic acids is 1. The van der Waals surface area contributed by atoms with Gasteiger partial charge in [0.05, 0.1) is 11.1 Å². The van der Waals surface area contributed by atoms with Gasteiger partial charge in [-0.3, -0.25) is 0 Å². The van der Waals surface area contributed by atoms with Crippen LogP contribution in [0.15, 0.2) is 22.7 Å². The second-order valence-electron chi connectivity index (χ2n) is 4.63. The quantitative estimate of drug-likeness (QED) is 0.753. The maximum atomic E-state index is 11.7. The predicted molar refractivity (Wildman–Crippen MR) is 81.7 cm³/mol. The number of halogens is 2. The Balaban J connectivity index is 1.77. The number of hydrogen-bond acceptors (Lipinski definition) is 3. The van der Waals surface area contributed by atoms with Crippen molar-refractivity contribution in [3.8, 4) is 0 Å². The van der Waals surface area contributed by atoms with E-state index >= 15 is 0 Å². The SMILES string of the molecule is O=C(NCC1CCC(C(=O)O)O1)Nc1ccc(Br)c(Cl)c1. The van der Waals surface area contributed by atoms with E-state index in [-0.39, 0.29) is 12.6 Å². The molecule has 1 aliphatic rings. The number of nitrogens with one attached hydrogen (secondary N) is 2. The van der Waals surface area contributed by atoms with Gasteiger partial charge in [0, 0.05) is 16.7 Å². The van der Waals surface area contributed by atoms with Crippen LogP contribution in [0.3, 0.4) is 0 Å². The number of aliphatic carboxylic acids is 1. The van der Waals surface area contributed by atoms with E-state index in [1.165, 1.54) is 0 Å². The summed E-state index contributed by atoms with van der Waals surface area (Å²) in [6, 6.07) is 4.67. The molecule has 0 aromatic heterocycles. The number of benzene rings is 1. The van der Waals surface area contributed by atoms with Crippen LogP contribution in [0.2, 0.25) is 5.02 Å². The highest BCUT2D eigenvalue weighted by molar-refractivity contribution is 9.10. The third-order valence-electron chi connectivity index (χ3n) is 3.05. The molecule has 1 aromatic carbocycles. The molecule has 0 radical (unpaired) electrons. The first-order valence-electron chi connectivity index (χ1n) is 6.34. The summed E-state index contributed by atoms with van der Waals surface area (Å²) in [6.45, 7) is 0.264. The summed E-state index contributed by atoms with van der Waals surface area (Å²) in [6.07, 6.45) is 0.0305. The number of ether oxygens (including phenoxy) is 1. The second kappa shape index (κ2) is 7.11. The topological polar surface area (TPSA) is 87.7 Å². The Kier molecular flexibility index (Phi) is 5.44. The van der Waals surface area contributed by atoms with Gasteiger partial charge in [-0.15, -0.1) is 0 Å². The lowest BCUT2D eigenvalue weighted by Crippen LogP contribution is -2.35. The number of hydrogen-bond donors (Lipinski definition) is 3. The lowest BCUT2D eigenvalue weighted by atomic mass is 10.2. The van der Waals surface area contributed by atoms with E-state index < -0.39 is 18.1 Å². The van der Waals surface area contributed by atoms with Crippen LogP contribution in [-0.2, 0) is 9.53 Å². The fourth-order valence-electron chi connectivity index (χ4n) is 1.99. The highest BCUT2D eigenvalue weighted by Crippen LogP contribution is 2.25. The minimum Gasteiger partial charge on any atom is -0.479 e. The van der Waals surface area contributed by atoms with Crippen LogP contribution in [0.5, 0.6) is 0 Å². The number of carboxylic acids is 1. The maximum Gasteiger partial charge on any atom is 0.332 e. The molecule has 0 aliphatic carbocycles. The van der Waals surface area contributed by atoms with Gasteiger partial charge >= 0.3 is 12.0 Å². The molecule has 0 spiro atoms. The number of amides is 2. The lowest BCUT2D eigenvalue weighted by molar-refractivity contribution is -0.149. The molecule has 3 N–H and O–H groups in total. The van der Waals surface area contributed by atoms with E-state index in [9.17, 15) is 9.59 Å². The number of urea groups is 1. The first-order chi connectivity index (χ1) is 9.95. The van der Waals surface area contributed by atoms with E-state index in [0.717, 1.165) is 4.47 Å². The normalized spacial score (nSPS) is 21.0. The summed E-state index contributed by atoms with van der Waals surface area (Å²) in [5.74, 6) is -0.966. The van der Waals surface area contributed by atoms with Crippen LogP contribution in [-0.4, -0.2) is 35.9 Å². The largest absolute Gasteiger partial charge is 0.479 e. The molecular formula is C13H14BrClN2O4. The zero-order valence-electron chi connectivity index (χ0n) is 10.9. The van der Waals surface area contributed by atoms with Gasteiger partial charge in [0.2, 0.25) is 0 Å². The maximum absolute atomic E-state index is 11.7. The molecule has 2 rings (SSSR count). The number of carboxylic acid groups (broad SMARTS) is 1. The van der Waals surface area contributed by atoms with Crippen molar-refractivity contribution in [2.24, 2.45) is 0 Å². The Bertz CT molecular complexity index is 555. The van der Waals surface area contributed by atoms with Crippen molar-refractivity contribution in [2.45, 2.75) is 25.0 Å². The first-order valence-corrected chi connectivity index (χ1v) is 7.51. The van der Waals surface area contributed by atoms with Gasteiger partial charge in [-0.25, -0.2) is 9.59 Å². The molecule has 6 nitrogen and oxygen atoms in total. The van der Waals surface area contributed by atoms with E-state index in [4.69, 9.17) is 21.4 Å². The van der Waals surface area contributed by atoms with Crippen LogP contribution in [0.25, 0.3) is 0 Å². The lowest BCUT2D eigenvalue weighted by Gasteiger charge is -2.13. The number of carbonyl (C=O) groups is 2. The van der Waals surface area contributed by atoms with Crippen molar-refractivity contribution in [1.82, 2.24) is 5.32 Å². The Morgan fingerprint density at radius 2 is 2.19 bits per heavy atom. The van der Waals surface area contributed by atoms with Crippen molar-refractivity contribution in [2.75, 3.05) is 11.9 Å². The molecule has 8 heteroatoms. The molecule has 1 aliphatic heterocycles. The summed E-state index contributed by atoms with van der Waals surface area (Å²) in [5.41, 5.74) is 0.566. The third-order valence-corrected chi connectivity index (χ3v) is 4.28. The molecule has 1 aromatic rings. The Morgan fingerprint density at radius 1 is 1.43 bits per heavy atom. The summed E-state index contributed by atoms with van der Waals surface area (Å²) < 4.78 is 6.03. The monoisotopic (exact) mass is 376 g/mol. The van der Waals surface area contributed by atoms with Gasteiger partial charge in [-0.1, -0.05) is 11.6 Å². The van der Waals surface area contributed by atoms with Crippen LogP contribution in [0, 0.1) is 0 Å². The molecule has 1 heterocycles. The van der Waals surface area contributed by atoms with Gasteiger partial charge in [-0.05, 0) is 47.0 Å². The Labute approximate surface area is 134 Å². The van der Waals surface area contributed by atoms with Crippen LogP contribution >= 0.6 is 27.5 Å². The third kappa shape index (κ3) is 4.59. The standard InChI is InChI=1S/C13H14BrClN2O4/c14-9-3-1-7(5-10(9)15)17-13(20)16-6-8-2-4-11(21-8)12(18)19/h1,3,5,8,11H,2,4,6H2,(H,18,19)(H2,16,17,20). The zero-order chi connectivity index (χ0) is 15.4. The van der Waals surface area contributed by atoms with Gasteiger partial charge in [-0.2, -0.15) is 0 Å². The van der Waals surface area contributed by atoms with Gasteiger partial charge in [0.1, 0.15) is 0 Å². The molecule has 1 fully saturated rings. The summed E-state index contributed by atoms with van der Waals surface area (Å²) in [4.78, 5) is 22.5. The molecule has 2 atom stereocenters. The minimum atomic E-state index is -0.966. The van der Waals surface area contributed by atoms with Gasteiger partial charge in [0.15, 0.2) is 6.10 Å². The van der Waals surface area contributed by atoms with Crippen LogP contribution in [0.4, 0.5) is 10.5 Å². The van der Waals surface area contributed by atoms with Crippen molar-refractivity contribution in [3.05, 3.63) is 27.7 Å². The Morgan fingerprint density at radius 3 is 2.81 bits per heavy atom. The Hall–Kier alpha value is -1.31. The van der Waals surface area contributed by atoms with Crippen molar-refractivity contribution in [3.63, 3.8) is 0 Å². The van der Waals surface area contributed by atoms with Crippen molar-refractivity contribution >= 4 is 45.2 Å². The van der Waals surface area contributed by atoms with E-state index in [1.54, 1.807) is 18.2 Å². The second-order valence-corrected chi connectivity index (χ2v) is 5.89. The van der Waals surface area contributed by atoms with Gasteiger partial charge < -0.3 is 20.5 Å². The van der Waals surface area contributed by atoms with Crippen molar-refractivity contribution < 1.29 is 19.4 Å². The predicted octanol–water partition coefficient (Wildman–Crippen LogP) is 2.86. The molecule has 2 amide bonds. The average Bonchev–Trinajstić information content (AvgIpc) is 2.90. The zero-order valence-corrected chi connectivity index (χ0v) is 13.3. The minimum absolute atomic E-state index is 0.264. The molecule has 0 saturated carbocycles. The highest BCUT2D eigenvalue weighted by atomic mass is 79.9. The summed E-state index contributed by atoms with van der Waals surface area (Å²) in [7, 11) is 0. The van der Waals surface area contributed by atoms with E-state index in [1.807, 2.05) is 0 Å². The van der Waals surface area contributed by atoms with Crippen LogP contribution < -0.4 is 10.6 Å². The molecule has 114 valence electrons.